The first-order valence-corrected chi connectivity index (χ1v) is 9.48. The van der Waals surface area contributed by atoms with Crippen LogP contribution in [0.3, 0.4) is 0 Å². The van der Waals surface area contributed by atoms with Crippen molar-refractivity contribution in [3.05, 3.63) is 49.8 Å². The van der Waals surface area contributed by atoms with Crippen molar-refractivity contribution in [2.75, 3.05) is 5.32 Å². The lowest BCUT2D eigenvalue weighted by Crippen LogP contribution is -2.12. The zero-order chi connectivity index (χ0) is 17.1. The molecule has 0 aliphatic heterocycles. The maximum atomic E-state index is 12.5. The topological polar surface area (TPSA) is 52.9 Å². The highest BCUT2D eigenvalue weighted by atomic mass is 35.5. The lowest BCUT2D eigenvalue weighted by molar-refractivity contribution is 0.102. The summed E-state index contributed by atoms with van der Waals surface area (Å²) in [5.41, 5.74) is 2.07. The minimum absolute atomic E-state index is 0.299. The Morgan fingerprint density at radius 2 is 1.92 bits per heavy atom. The van der Waals surface area contributed by atoms with Gasteiger partial charge < -0.3 is 5.32 Å². The molecule has 1 amide bonds. The predicted octanol–water partition coefficient (Wildman–Crippen LogP) is 5.84. The van der Waals surface area contributed by atoms with Crippen LogP contribution in [0.4, 0.5) is 5.00 Å². The van der Waals surface area contributed by atoms with Gasteiger partial charge in [0, 0.05) is 9.90 Å². The standard InChI is InChI=1S/C18H16Cl2N2OS/c19-11-7-8-13(15(20)9-11)17(23)22-18-14(10-21)12-5-3-1-2-4-6-16(12)24-18/h7-9H,1-6H2,(H,22,23). The van der Waals surface area contributed by atoms with Crippen molar-refractivity contribution in [2.45, 2.75) is 38.5 Å². The van der Waals surface area contributed by atoms with Crippen LogP contribution in [-0.2, 0) is 12.8 Å². The second kappa shape index (κ2) is 7.57. The average molecular weight is 379 g/mol. The lowest BCUT2D eigenvalue weighted by atomic mass is 9.97. The number of benzene rings is 1. The van der Waals surface area contributed by atoms with Crippen LogP contribution in [0.15, 0.2) is 18.2 Å². The van der Waals surface area contributed by atoms with E-state index in [9.17, 15) is 10.1 Å². The molecular formula is C18H16Cl2N2OS. The van der Waals surface area contributed by atoms with Gasteiger partial charge in [0.1, 0.15) is 11.1 Å². The normalized spacial score (nSPS) is 14.2. The van der Waals surface area contributed by atoms with E-state index >= 15 is 0 Å². The van der Waals surface area contributed by atoms with E-state index in [1.807, 2.05) is 0 Å². The summed E-state index contributed by atoms with van der Waals surface area (Å²) in [4.78, 5) is 13.7. The van der Waals surface area contributed by atoms with Crippen molar-refractivity contribution in [1.82, 2.24) is 0 Å². The van der Waals surface area contributed by atoms with E-state index in [-0.39, 0.29) is 5.91 Å². The number of nitrogens with zero attached hydrogens (tertiary/aromatic N) is 1. The number of nitrogens with one attached hydrogen (secondary N) is 1. The van der Waals surface area contributed by atoms with Gasteiger partial charge in [-0.05, 0) is 49.4 Å². The third-order valence-electron chi connectivity index (χ3n) is 4.19. The Kier molecular flexibility index (Phi) is 5.45. The quantitative estimate of drug-likeness (QED) is 0.713. The molecule has 0 saturated carbocycles. The van der Waals surface area contributed by atoms with Crippen molar-refractivity contribution >= 4 is 45.4 Å². The molecule has 1 aromatic heterocycles. The molecule has 2 aromatic rings. The van der Waals surface area contributed by atoms with Crippen LogP contribution in [0.25, 0.3) is 0 Å². The molecule has 0 saturated heterocycles. The summed E-state index contributed by atoms with van der Waals surface area (Å²) < 4.78 is 0. The summed E-state index contributed by atoms with van der Waals surface area (Å²) >= 11 is 13.5. The average Bonchev–Trinajstić information content (AvgIpc) is 2.82. The fraction of sp³-hybridized carbons (Fsp3) is 0.333. The van der Waals surface area contributed by atoms with Gasteiger partial charge in [-0.15, -0.1) is 11.3 Å². The Morgan fingerprint density at radius 3 is 2.62 bits per heavy atom. The van der Waals surface area contributed by atoms with Gasteiger partial charge in [-0.2, -0.15) is 5.26 Å². The molecular weight excluding hydrogens is 363 g/mol. The SMILES string of the molecule is N#Cc1c(NC(=O)c2ccc(Cl)cc2Cl)sc2c1CCCCCC2. The molecule has 124 valence electrons. The van der Waals surface area contributed by atoms with E-state index in [1.54, 1.807) is 12.1 Å². The Bertz CT molecular complexity index is 823. The van der Waals surface area contributed by atoms with Gasteiger partial charge >= 0.3 is 0 Å². The molecule has 1 aliphatic rings. The first kappa shape index (κ1) is 17.3. The van der Waals surface area contributed by atoms with E-state index in [2.05, 4.69) is 11.4 Å². The largest absolute Gasteiger partial charge is 0.312 e. The Hall–Kier alpha value is -1.54. The molecule has 0 bridgehead atoms. The summed E-state index contributed by atoms with van der Waals surface area (Å²) in [7, 11) is 0. The van der Waals surface area contributed by atoms with Gasteiger partial charge in [0.15, 0.2) is 0 Å². The van der Waals surface area contributed by atoms with Crippen molar-refractivity contribution in [3.63, 3.8) is 0 Å². The number of fused-ring (bicyclic) bond motifs is 1. The van der Waals surface area contributed by atoms with Crippen LogP contribution in [0.2, 0.25) is 10.0 Å². The minimum Gasteiger partial charge on any atom is -0.312 e. The molecule has 0 spiro atoms. The molecule has 6 heteroatoms. The molecule has 1 aromatic carbocycles. The second-order valence-electron chi connectivity index (χ2n) is 5.81. The number of carbonyl (C=O) groups is 1. The molecule has 24 heavy (non-hydrogen) atoms. The highest BCUT2D eigenvalue weighted by Crippen LogP contribution is 2.37. The first-order chi connectivity index (χ1) is 11.6. The molecule has 1 heterocycles. The molecule has 0 unspecified atom stereocenters. The van der Waals surface area contributed by atoms with E-state index < -0.39 is 0 Å². The van der Waals surface area contributed by atoms with E-state index in [0.717, 1.165) is 31.2 Å². The van der Waals surface area contributed by atoms with Crippen LogP contribution in [0.5, 0.6) is 0 Å². The number of anilines is 1. The maximum Gasteiger partial charge on any atom is 0.257 e. The zero-order valence-corrected chi connectivity index (χ0v) is 15.3. The van der Waals surface area contributed by atoms with E-state index in [4.69, 9.17) is 23.2 Å². The number of thiophene rings is 1. The van der Waals surface area contributed by atoms with Crippen LogP contribution >= 0.6 is 34.5 Å². The van der Waals surface area contributed by atoms with Gasteiger partial charge in [0.25, 0.3) is 5.91 Å². The predicted molar refractivity (Wildman–Crippen MR) is 99.3 cm³/mol. The number of rotatable bonds is 2. The van der Waals surface area contributed by atoms with Gasteiger partial charge in [-0.25, -0.2) is 0 Å². The van der Waals surface area contributed by atoms with Crippen LogP contribution in [0.1, 0.15) is 52.0 Å². The highest BCUT2D eigenvalue weighted by Gasteiger charge is 2.21. The number of aryl methyl sites for hydroxylation is 1. The van der Waals surface area contributed by atoms with E-state index in [1.165, 1.54) is 35.1 Å². The van der Waals surface area contributed by atoms with Crippen molar-refractivity contribution in [1.29, 1.82) is 5.26 Å². The zero-order valence-electron chi connectivity index (χ0n) is 13.0. The number of nitriles is 1. The maximum absolute atomic E-state index is 12.5. The van der Waals surface area contributed by atoms with Crippen LogP contribution in [-0.4, -0.2) is 5.91 Å². The van der Waals surface area contributed by atoms with Crippen molar-refractivity contribution in [3.8, 4) is 6.07 Å². The van der Waals surface area contributed by atoms with Crippen molar-refractivity contribution < 1.29 is 4.79 Å². The fourth-order valence-electron chi connectivity index (χ4n) is 2.97. The summed E-state index contributed by atoms with van der Waals surface area (Å²) in [6.07, 6.45) is 6.53. The Morgan fingerprint density at radius 1 is 1.17 bits per heavy atom. The molecule has 0 radical (unpaired) electrons. The molecule has 0 atom stereocenters. The van der Waals surface area contributed by atoms with Crippen LogP contribution < -0.4 is 5.32 Å². The number of carbonyl (C=O) groups excluding carboxylic acids is 1. The molecule has 3 rings (SSSR count). The molecule has 0 fully saturated rings. The van der Waals surface area contributed by atoms with Gasteiger partial charge in [0.2, 0.25) is 0 Å². The third kappa shape index (κ3) is 3.59. The Balaban J connectivity index is 1.91. The number of halogens is 2. The van der Waals surface area contributed by atoms with E-state index in [0.29, 0.717) is 26.2 Å². The fourth-order valence-corrected chi connectivity index (χ4v) is 4.70. The highest BCUT2D eigenvalue weighted by molar-refractivity contribution is 7.16. The van der Waals surface area contributed by atoms with Gasteiger partial charge in [-0.3, -0.25) is 4.79 Å². The van der Waals surface area contributed by atoms with Crippen LogP contribution in [0, 0.1) is 11.3 Å². The summed E-state index contributed by atoms with van der Waals surface area (Å²) in [6.45, 7) is 0. The number of hydrogen-bond donors (Lipinski definition) is 1. The smallest absolute Gasteiger partial charge is 0.257 e. The summed E-state index contributed by atoms with van der Waals surface area (Å²) in [5.74, 6) is -0.317. The molecule has 1 N–H and O–H groups in total. The number of hydrogen-bond acceptors (Lipinski definition) is 3. The first-order valence-electron chi connectivity index (χ1n) is 7.91. The van der Waals surface area contributed by atoms with Gasteiger partial charge in [0.05, 0.1) is 16.1 Å². The monoisotopic (exact) mass is 378 g/mol. The molecule has 1 aliphatic carbocycles. The van der Waals surface area contributed by atoms with Gasteiger partial charge in [-0.1, -0.05) is 36.0 Å². The Labute approximate surface area is 155 Å². The lowest BCUT2D eigenvalue weighted by Gasteiger charge is -2.08. The number of amides is 1. The second-order valence-corrected chi connectivity index (χ2v) is 7.76. The summed E-state index contributed by atoms with van der Waals surface area (Å²) in [5, 5.41) is 13.8. The third-order valence-corrected chi connectivity index (χ3v) is 5.94. The minimum atomic E-state index is -0.317. The molecule has 3 nitrogen and oxygen atoms in total. The summed E-state index contributed by atoms with van der Waals surface area (Å²) in [6, 6.07) is 7.03. The van der Waals surface area contributed by atoms with Crippen molar-refractivity contribution in [2.24, 2.45) is 0 Å².